The Balaban J connectivity index is 2.09. The summed E-state index contributed by atoms with van der Waals surface area (Å²) < 4.78 is 1.87. The van der Waals surface area contributed by atoms with Crippen LogP contribution in [0.1, 0.15) is 29.3 Å². The molecular formula is C16H21N3O. The van der Waals surface area contributed by atoms with E-state index >= 15 is 0 Å². The number of nitrogens with zero attached hydrogens (tertiary/aromatic N) is 2. The second kappa shape index (κ2) is 5.90. The molecule has 0 bridgehead atoms. The molecule has 106 valence electrons. The largest absolute Gasteiger partial charge is 0.323 e. The number of carbonyl (C=O) groups is 1. The first-order valence-electron chi connectivity index (χ1n) is 6.89. The standard InChI is InChI=1S/C16H21N3O/c1-5-19-13(4)15(10-17-19)18-16(20)9-14-8-11(2)6-7-12(14)3/h6-8,10H,5,9H2,1-4H3,(H,18,20). The van der Waals surface area contributed by atoms with Crippen molar-refractivity contribution in [3.8, 4) is 0 Å². The molecule has 0 aliphatic carbocycles. The van der Waals surface area contributed by atoms with Gasteiger partial charge in [-0.05, 0) is 38.8 Å². The van der Waals surface area contributed by atoms with Gasteiger partial charge in [-0.2, -0.15) is 5.10 Å². The summed E-state index contributed by atoms with van der Waals surface area (Å²) in [5.41, 5.74) is 5.17. The van der Waals surface area contributed by atoms with E-state index in [9.17, 15) is 4.79 Å². The Morgan fingerprint density at radius 1 is 1.30 bits per heavy atom. The van der Waals surface area contributed by atoms with Crippen molar-refractivity contribution >= 4 is 11.6 Å². The van der Waals surface area contributed by atoms with E-state index in [4.69, 9.17) is 0 Å². The van der Waals surface area contributed by atoms with Crippen molar-refractivity contribution in [3.63, 3.8) is 0 Å². The topological polar surface area (TPSA) is 46.9 Å². The molecule has 2 rings (SSSR count). The lowest BCUT2D eigenvalue weighted by Gasteiger charge is -2.08. The predicted molar refractivity (Wildman–Crippen MR) is 80.9 cm³/mol. The van der Waals surface area contributed by atoms with Crippen LogP contribution in [0.2, 0.25) is 0 Å². The quantitative estimate of drug-likeness (QED) is 0.929. The molecule has 0 aliphatic rings. The number of carbonyl (C=O) groups excluding carboxylic acids is 1. The summed E-state index contributed by atoms with van der Waals surface area (Å²) in [6.07, 6.45) is 2.10. The third kappa shape index (κ3) is 3.07. The third-order valence-electron chi connectivity index (χ3n) is 3.53. The van der Waals surface area contributed by atoms with E-state index in [1.54, 1.807) is 6.20 Å². The Hall–Kier alpha value is -2.10. The van der Waals surface area contributed by atoms with Gasteiger partial charge in [0.2, 0.25) is 5.91 Å². The van der Waals surface area contributed by atoms with Crippen LogP contribution in [0.3, 0.4) is 0 Å². The van der Waals surface area contributed by atoms with Crippen LogP contribution >= 0.6 is 0 Å². The van der Waals surface area contributed by atoms with Crippen LogP contribution in [0.5, 0.6) is 0 Å². The van der Waals surface area contributed by atoms with Crippen LogP contribution in [0.25, 0.3) is 0 Å². The van der Waals surface area contributed by atoms with E-state index in [1.165, 1.54) is 5.56 Å². The van der Waals surface area contributed by atoms with Gasteiger partial charge in [0.1, 0.15) is 0 Å². The van der Waals surface area contributed by atoms with E-state index in [2.05, 4.69) is 28.6 Å². The highest BCUT2D eigenvalue weighted by atomic mass is 16.1. The van der Waals surface area contributed by atoms with E-state index in [-0.39, 0.29) is 5.91 Å². The molecule has 0 atom stereocenters. The van der Waals surface area contributed by atoms with Crippen LogP contribution in [0, 0.1) is 20.8 Å². The molecule has 0 aliphatic heterocycles. The van der Waals surface area contributed by atoms with E-state index < -0.39 is 0 Å². The lowest BCUT2D eigenvalue weighted by molar-refractivity contribution is -0.115. The van der Waals surface area contributed by atoms with E-state index in [0.29, 0.717) is 6.42 Å². The fourth-order valence-electron chi connectivity index (χ4n) is 2.25. The van der Waals surface area contributed by atoms with Crippen LogP contribution in [-0.4, -0.2) is 15.7 Å². The number of aryl methyl sites for hydroxylation is 3. The zero-order chi connectivity index (χ0) is 14.7. The Kier molecular flexibility index (Phi) is 4.23. The molecule has 0 saturated heterocycles. The Morgan fingerprint density at radius 3 is 2.70 bits per heavy atom. The first-order chi connectivity index (χ1) is 9.51. The summed E-state index contributed by atoms with van der Waals surface area (Å²) in [6.45, 7) is 8.86. The summed E-state index contributed by atoms with van der Waals surface area (Å²) in [6, 6.07) is 6.18. The van der Waals surface area contributed by atoms with Crippen LogP contribution < -0.4 is 5.32 Å². The zero-order valence-electron chi connectivity index (χ0n) is 12.5. The summed E-state index contributed by atoms with van der Waals surface area (Å²) >= 11 is 0. The fraction of sp³-hybridized carbons (Fsp3) is 0.375. The minimum Gasteiger partial charge on any atom is -0.323 e. The van der Waals surface area contributed by atoms with Gasteiger partial charge in [-0.15, -0.1) is 0 Å². The van der Waals surface area contributed by atoms with Crippen LogP contribution in [0.15, 0.2) is 24.4 Å². The molecule has 0 unspecified atom stereocenters. The van der Waals surface area contributed by atoms with Gasteiger partial charge in [-0.3, -0.25) is 9.48 Å². The Morgan fingerprint density at radius 2 is 2.05 bits per heavy atom. The van der Waals surface area contributed by atoms with Gasteiger partial charge in [-0.1, -0.05) is 23.8 Å². The van der Waals surface area contributed by atoms with Crippen molar-refractivity contribution in [2.24, 2.45) is 0 Å². The van der Waals surface area contributed by atoms with Crippen molar-refractivity contribution in [1.29, 1.82) is 0 Å². The minimum atomic E-state index is -0.00236. The highest BCUT2D eigenvalue weighted by Crippen LogP contribution is 2.15. The molecule has 0 spiro atoms. The fourth-order valence-corrected chi connectivity index (χ4v) is 2.25. The number of amides is 1. The smallest absolute Gasteiger partial charge is 0.228 e. The first kappa shape index (κ1) is 14.3. The average molecular weight is 271 g/mol. The number of anilines is 1. The zero-order valence-corrected chi connectivity index (χ0v) is 12.5. The average Bonchev–Trinajstić information content (AvgIpc) is 2.75. The molecule has 1 aromatic heterocycles. The highest BCUT2D eigenvalue weighted by Gasteiger charge is 2.10. The number of benzene rings is 1. The number of aromatic nitrogens is 2. The molecule has 0 saturated carbocycles. The normalized spacial score (nSPS) is 10.6. The second-order valence-electron chi connectivity index (χ2n) is 5.11. The van der Waals surface area contributed by atoms with Crippen LogP contribution in [-0.2, 0) is 17.8 Å². The highest BCUT2D eigenvalue weighted by molar-refractivity contribution is 5.92. The van der Waals surface area contributed by atoms with Gasteiger partial charge in [0.05, 0.1) is 24.0 Å². The van der Waals surface area contributed by atoms with Crippen molar-refractivity contribution < 1.29 is 4.79 Å². The van der Waals surface area contributed by atoms with E-state index in [0.717, 1.165) is 29.1 Å². The lowest BCUT2D eigenvalue weighted by Crippen LogP contribution is -2.15. The molecule has 20 heavy (non-hydrogen) atoms. The van der Waals surface area contributed by atoms with E-state index in [1.807, 2.05) is 32.4 Å². The van der Waals surface area contributed by atoms with Gasteiger partial charge >= 0.3 is 0 Å². The number of nitrogens with one attached hydrogen (secondary N) is 1. The molecule has 1 N–H and O–H groups in total. The molecule has 0 radical (unpaired) electrons. The minimum absolute atomic E-state index is 0.00236. The molecule has 1 aromatic carbocycles. The van der Waals surface area contributed by atoms with Crippen molar-refractivity contribution in [2.75, 3.05) is 5.32 Å². The molecule has 1 amide bonds. The summed E-state index contributed by atoms with van der Waals surface area (Å²) in [5, 5.41) is 7.17. The molecule has 1 heterocycles. The second-order valence-corrected chi connectivity index (χ2v) is 5.11. The maximum absolute atomic E-state index is 12.1. The van der Waals surface area contributed by atoms with Gasteiger partial charge in [0.15, 0.2) is 0 Å². The lowest BCUT2D eigenvalue weighted by atomic mass is 10.0. The molecule has 4 heteroatoms. The van der Waals surface area contributed by atoms with Crippen molar-refractivity contribution in [1.82, 2.24) is 9.78 Å². The Labute approximate surface area is 119 Å². The number of hydrogen-bond donors (Lipinski definition) is 1. The van der Waals surface area contributed by atoms with Crippen LogP contribution in [0.4, 0.5) is 5.69 Å². The van der Waals surface area contributed by atoms with Gasteiger partial charge in [0.25, 0.3) is 0 Å². The summed E-state index contributed by atoms with van der Waals surface area (Å²) in [5.74, 6) is -0.00236. The number of rotatable bonds is 4. The molecule has 0 fully saturated rings. The van der Waals surface area contributed by atoms with Gasteiger partial charge in [0, 0.05) is 6.54 Å². The van der Waals surface area contributed by atoms with Gasteiger partial charge < -0.3 is 5.32 Å². The maximum atomic E-state index is 12.1. The monoisotopic (exact) mass is 271 g/mol. The van der Waals surface area contributed by atoms with Crippen molar-refractivity contribution in [3.05, 3.63) is 46.8 Å². The third-order valence-corrected chi connectivity index (χ3v) is 3.53. The maximum Gasteiger partial charge on any atom is 0.228 e. The summed E-state index contributed by atoms with van der Waals surface area (Å²) in [7, 11) is 0. The number of hydrogen-bond acceptors (Lipinski definition) is 2. The molecular weight excluding hydrogens is 250 g/mol. The Bertz CT molecular complexity index is 629. The van der Waals surface area contributed by atoms with Crippen molar-refractivity contribution in [2.45, 2.75) is 40.7 Å². The first-order valence-corrected chi connectivity index (χ1v) is 6.89. The molecule has 4 nitrogen and oxygen atoms in total. The summed E-state index contributed by atoms with van der Waals surface area (Å²) in [4.78, 5) is 12.1. The van der Waals surface area contributed by atoms with Gasteiger partial charge in [-0.25, -0.2) is 0 Å². The SMILES string of the molecule is CCn1ncc(NC(=O)Cc2cc(C)ccc2C)c1C. The predicted octanol–water partition coefficient (Wildman–Crippen LogP) is 3.01. The molecule has 2 aromatic rings.